The lowest BCUT2D eigenvalue weighted by molar-refractivity contribution is -0.139. The number of alkyl halides is 3. The van der Waals surface area contributed by atoms with Gasteiger partial charge in [0.15, 0.2) is 9.84 Å². The molecule has 0 spiro atoms. The van der Waals surface area contributed by atoms with E-state index in [9.17, 15) is 26.7 Å². The summed E-state index contributed by atoms with van der Waals surface area (Å²) in [5.74, 6) is -0.803. The molecule has 0 aliphatic heterocycles. The third-order valence-electron chi connectivity index (χ3n) is 3.86. The largest absolute Gasteiger partial charge is 0.417 e. The van der Waals surface area contributed by atoms with Crippen molar-refractivity contribution in [3.05, 3.63) is 29.8 Å². The second kappa shape index (κ2) is 5.96. The highest BCUT2D eigenvalue weighted by molar-refractivity contribution is 7.91. The van der Waals surface area contributed by atoms with Crippen LogP contribution in [0.4, 0.5) is 13.2 Å². The van der Waals surface area contributed by atoms with E-state index in [4.69, 9.17) is 0 Å². The van der Waals surface area contributed by atoms with Crippen molar-refractivity contribution in [2.45, 2.75) is 42.9 Å². The zero-order valence-corrected chi connectivity index (χ0v) is 12.1. The van der Waals surface area contributed by atoms with Gasteiger partial charge >= 0.3 is 6.18 Å². The fourth-order valence-electron chi connectivity index (χ4n) is 2.76. The minimum absolute atomic E-state index is 0.141. The van der Waals surface area contributed by atoms with Crippen molar-refractivity contribution < 1.29 is 26.7 Å². The van der Waals surface area contributed by atoms with Crippen LogP contribution in [0.15, 0.2) is 29.2 Å². The standard InChI is InChI=1S/C14H17F3O3S/c15-14(16,17)11-7-3-4-8-13(11)21(19,20)9-12(18)10-5-1-2-6-10/h3-4,7-8,10,12,18H,1-2,5-6,9H2. The fraction of sp³-hybridized carbons (Fsp3) is 0.571. The van der Waals surface area contributed by atoms with Gasteiger partial charge in [-0.1, -0.05) is 25.0 Å². The Balaban J connectivity index is 2.27. The van der Waals surface area contributed by atoms with Crippen molar-refractivity contribution in [2.75, 3.05) is 5.75 Å². The third kappa shape index (κ3) is 3.77. The summed E-state index contributed by atoms with van der Waals surface area (Å²) >= 11 is 0. The van der Waals surface area contributed by atoms with Gasteiger partial charge in [-0.05, 0) is 30.9 Å². The summed E-state index contributed by atoms with van der Waals surface area (Å²) in [7, 11) is -4.18. The van der Waals surface area contributed by atoms with Gasteiger partial charge in [-0.25, -0.2) is 8.42 Å². The highest BCUT2D eigenvalue weighted by Gasteiger charge is 2.38. The normalized spacial score (nSPS) is 18.9. The molecule has 0 saturated heterocycles. The van der Waals surface area contributed by atoms with Gasteiger partial charge in [0.05, 0.1) is 22.3 Å². The van der Waals surface area contributed by atoms with Gasteiger partial charge in [-0.2, -0.15) is 13.2 Å². The number of halogens is 3. The number of benzene rings is 1. The van der Waals surface area contributed by atoms with E-state index in [1.54, 1.807) is 0 Å². The highest BCUT2D eigenvalue weighted by atomic mass is 32.2. The first-order valence-electron chi connectivity index (χ1n) is 6.79. The number of aliphatic hydroxyl groups is 1. The zero-order valence-electron chi connectivity index (χ0n) is 11.3. The van der Waals surface area contributed by atoms with Gasteiger partial charge in [0.1, 0.15) is 0 Å². The summed E-state index contributed by atoms with van der Waals surface area (Å²) in [6.45, 7) is 0. The van der Waals surface area contributed by atoms with Crippen LogP contribution in [-0.4, -0.2) is 25.4 Å². The minimum atomic E-state index is -4.73. The zero-order chi connectivity index (χ0) is 15.7. The molecular formula is C14H17F3O3S. The molecule has 1 aromatic rings. The van der Waals surface area contributed by atoms with Crippen LogP contribution >= 0.6 is 0 Å². The molecule has 1 saturated carbocycles. The molecule has 1 fully saturated rings. The molecule has 0 amide bonds. The highest BCUT2D eigenvalue weighted by Crippen LogP contribution is 2.35. The summed E-state index contributed by atoms with van der Waals surface area (Å²) < 4.78 is 63.1. The Morgan fingerprint density at radius 2 is 1.76 bits per heavy atom. The molecule has 7 heteroatoms. The summed E-state index contributed by atoms with van der Waals surface area (Å²) in [6.07, 6.45) is -2.57. The van der Waals surface area contributed by atoms with Crippen molar-refractivity contribution in [2.24, 2.45) is 5.92 Å². The van der Waals surface area contributed by atoms with E-state index in [0.29, 0.717) is 0 Å². The number of rotatable bonds is 4. The number of sulfone groups is 1. The lowest BCUT2D eigenvalue weighted by Crippen LogP contribution is -2.28. The molecular weight excluding hydrogens is 305 g/mol. The summed E-state index contributed by atoms with van der Waals surface area (Å²) in [4.78, 5) is -0.755. The topological polar surface area (TPSA) is 54.4 Å². The van der Waals surface area contributed by atoms with Crippen LogP contribution in [0.3, 0.4) is 0 Å². The van der Waals surface area contributed by atoms with Crippen LogP contribution in [0.5, 0.6) is 0 Å². The number of aliphatic hydroxyl groups excluding tert-OH is 1. The molecule has 0 aromatic heterocycles. The quantitative estimate of drug-likeness (QED) is 0.927. The second-order valence-corrected chi connectivity index (χ2v) is 7.39. The van der Waals surface area contributed by atoms with E-state index in [2.05, 4.69) is 0 Å². The Kier molecular flexibility index (Phi) is 4.63. The molecule has 0 heterocycles. The van der Waals surface area contributed by atoms with E-state index in [0.717, 1.165) is 43.9 Å². The Bertz CT molecular complexity index is 590. The molecule has 1 atom stereocenters. The van der Waals surface area contributed by atoms with Gasteiger partial charge in [-0.3, -0.25) is 0 Å². The van der Waals surface area contributed by atoms with Gasteiger partial charge in [0.25, 0.3) is 0 Å². The molecule has 1 aromatic carbocycles. The van der Waals surface area contributed by atoms with Crippen LogP contribution in [0.2, 0.25) is 0 Å². The Morgan fingerprint density at radius 1 is 1.19 bits per heavy atom. The molecule has 1 aliphatic carbocycles. The van der Waals surface area contributed by atoms with Crippen LogP contribution in [0.1, 0.15) is 31.2 Å². The second-order valence-electron chi connectivity index (χ2n) is 5.39. The molecule has 1 unspecified atom stereocenters. The van der Waals surface area contributed by atoms with Crippen LogP contribution in [0, 0.1) is 5.92 Å². The minimum Gasteiger partial charge on any atom is -0.392 e. The van der Waals surface area contributed by atoms with Crippen LogP contribution in [-0.2, 0) is 16.0 Å². The van der Waals surface area contributed by atoms with Gasteiger partial charge in [0.2, 0.25) is 0 Å². The van der Waals surface area contributed by atoms with E-state index in [1.165, 1.54) is 6.07 Å². The number of hydrogen-bond donors (Lipinski definition) is 1. The van der Waals surface area contributed by atoms with E-state index < -0.39 is 38.3 Å². The summed E-state index contributed by atoms with van der Waals surface area (Å²) in [6, 6.07) is 4.09. The molecule has 3 nitrogen and oxygen atoms in total. The monoisotopic (exact) mass is 322 g/mol. The lowest BCUT2D eigenvalue weighted by atomic mass is 10.0. The fourth-order valence-corrected chi connectivity index (χ4v) is 4.47. The number of hydrogen-bond acceptors (Lipinski definition) is 3. The maximum atomic E-state index is 12.9. The van der Waals surface area contributed by atoms with Gasteiger partial charge in [0, 0.05) is 0 Å². The van der Waals surface area contributed by atoms with Crippen molar-refractivity contribution in [1.29, 1.82) is 0 Å². The van der Waals surface area contributed by atoms with Crippen molar-refractivity contribution in [3.63, 3.8) is 0 Å². The first-order valence-corrected chi connectivity index (χ1v) is 8.44. The van der Waals surface area contributed by atoms with Crippen LogP contribution in [0.25, 0.3) is 0 Å². The third-order valence-corrected chi connectivity index (χ3v) is 5.67. The molecule has 0 bridgehead atoms. The molecule has 21 heavy (non-hydrogen) atoms. The van der Waals surface area contributed by atoms with E-state index >= 15 is 0 Å². The molecule has 1 N–H and O–H groups in total. The molecule has 2 rings (SSSR count). The maximum absolute atomic E-state index is 12.9. The van der Waals surface area contributed by atoms with Gasteiger partial charge < -0.3 is 5.11 Å². The lowest BCUT2D eigenvalue weighted by Gasteiger charge is -2.19. The predicted octanol–water partition coefficient (Wildman–Crippen LogP) is 3.03. The molecule has 118 valence electrons. The van der Waals surface area contributed by atoms with Crippen LogP contribution < -0.4 is 0 Å². The summed E-state index contributed by atoms with van der Waals surface area (Å²) in [5.41, 5.74) is -1.18. The van der Waals surface area contributed by atoms with Gasteiger partial charge in [-0.15, -0.1) is 0 Å². The molecule has 0 radical (unpaired) electrons. The molecule has 1 aliphatic rings. The Hall–Kier alpha value is -1.08. The van der Waals surface area contributed by atoms with Crippen molar-refractivity contribution in [3.8, 4) is 0 Å². The van der Waals surface area contributed by atoms with Crippen molar-refractivity contribution >= 4 is 9.84 Å². The van der Waals surface area contributed by atoms with Crippen molar-refractivity contribution in [1.82, 2.24) is 0 Å². The maximum Gasteiger partial charge on any atom is 0.417 e. The summed E-state index contributed by atoms with van der Waals surface area (Å²) in [5, 5.41) is 9.98. The average molecular weight is 322 g/mol. The first kappa shape index (κ1) is 16.3. The first-order chi connectivity index (χ1) is 9.72. The SMILES string of the molecule is O=S(=O)(CC(O)C1CCCC1)c1ccccc1C(F)(F)F. The Morgan fingerprint density at radius 3 is 2.33 bits per heavy atom. The average Bonchev–Trinajstić information content (AvgIpc) is 2.91. The smallest absolute Gasteiger partial charge is 0.392 e. The van der Waals surface area contributed by atoms with E-state index in [1.807, 2.05) is 0 Å². The van der Waals surface area contributed by atoms with E-state index in [-0.39, 0.29) is 5.92 Å². The Labute approximate surface area is 121 Å². The predicted molar refractivity (Wildman–Crippen MR) is 71.5 cm³/mol.